The molecule has 22 heavy (non-hydrogen) atoms. The van der Waals surface area contributed by atoms with Crippen molar-refractivity contribution in [3.05, 3.63) is 35.5 Å². The van der Waals surface area contributed by atoms with Gasteiger partial charge in [0, 0.05) is 17.5 Å². The molecule has 5 heteroatoms. The molecular weight excluding hydrogens is 281 g/mol. The zero-order valence-electron chi connectivity index (χ0n) is 13.1. The van der Waals surface area contributed by atoms with Gasteiger partial charge in [0.05, 0.1) is 30.1 Å². The van der Waals surface area contributed by atoms with Crippen LogP contribution in [0.3, 0.4) is 0 Å². The summed E-state index contributed by atoms with van der Waals surface area (Å²) in [6, 6.07) is 3.68. The van der Waals surface area contributed by atoms with Crippen LogP contribution in [-0.2, 0) is 4.74 Å². The molecule has 4 nitrogen and oxygen atoms in total. The van der Waals surface area contributed by atoms with E-state index in [-0.39, 0.29) is 5.82 Å². The van der Waals surface area contributed by atoms with Gasteiger partial charge in [0.25, 0.3) is 0 Å². The van der Waals surface area contributed by atoms with Crippen LogP contribution in [0.4, 0.5) is 4.39 Å². The lowest BCUT2D eigenvalue weighted by Gasteiger charge is -2.23. The molecule has 1 saturated heterocycles. The largest absolute Gasteiger partial charge is 0.501 e. The normalized spacial score (nSPS) is 19.1. The minimum atomic E-state index is -0.243. The van der Waals surface area contributed by atoms with Crippen molar-refractivity contribution in [3.8, 4) is 0 Å². The Balaban J connectivity index is 2.08. The highest BCUT2D eigenvalue weighted by Crippen LogP contribution is 2.29. The van der Waals surface area contributed by atoms with Crippen LogP contribution < -0.4 is 5.32 Å². The summed E-state index contributed by atoms with van der Waals surface area (Å²) < 4.78 is 21.5. The first-order valence-electron chi connectivity index (χ1n) is 7.88. The van der Waals surface area contributed by atoms with Gasteiger partial charge in [-0.3, -0.25) is 4.68 Å². The van der Waals surface area contributed by atoms with Crippen LogP contribution >= 0.6 is 0 Å². The molecule has 1 atom stereocenters. The Hall–Kier alpha value is -1.88. The number of rotatable bonds is 4. The van der Waals surface area contributed by atoms with Crippen molar-refractivity contribution in [2.24, 2.45) is 0 Å². The van der Waals surface area contributed by atoms with E-state index in [4.69, 9.17) is 4.74 Å². The van der Waals surface area contributed by atoms with Crippen LogP contribution in [0.2, 0.25) is 0 Å². The van der Waals surface area contributed by atoms with E-state index < -0.39 is 0 Å². The second-order valence-electron chi connectivity index (χ2n) is 5.64. The second-order valence-corrected chi connectivity index (χ2v) is 5.64. The maximum atomic E-state index is 14.2. The summed E-state index contributed by atoms with van der Waals surface area (Å²) in [5, 5.41) is 8.96. The van der Waals surface area contributed by atoms with Crippen molar-refractivity contribution < 1.29 is 9.13 Å². The van der Waals surface area contributed by atoms with Gasteiger partial charge >= 0.3 is 0 Å². The minimum Gasteiger partial charge on any atom is -0.501 e. The van der Waals surface area contributed by atoms with E-state index in [1.165, 1.54) is 6.07 Å². The molecule has 0 radical (unpaired) electrons. The first-order valence-corrected chi connectivity index (χ1v) is 7.88. The monoisotopic (exact) mass is 303 g/mol. The molecule has 1 aliphatic rings. The quantitative estimate of drug-likeness (QED) is 0.880. The topological polar surface area (TPSA) is 39.1 Å². The molecule has 1 aromatic heterocycles. The molecule has 1 unspecified atom stereocenters. The first-order chi connectivity index (χ1) is 10.7. The highest BCUT2D eigenvalue weighted by atomic mass is 19.1. The average Bonchev–Trinajstić information content (AvgIpc) is 2.88. The lowest BCUT2D eigenvalue weighted by atomic mass is 10.1. The number of piperidine rings is 1. The second kappa shape index (κ2) is 6.48. The van der Waals surface area contributed by atoms with E-state index in [9.17, 15) is 4.39 Å². The number of nitrogens with zero attached hydrogens (tertiary/aromatic N) is 2. The predicted octanol–water partition coefficient (Wildman–Crippen LogP) is 3.42. The zero-order valence-corrected chi connectivity index (χ0v) is 13.1. The summed E-state index contributed by atoms with van der Waals surface area (Å²) in [6.07, 6.45) is 5.49. The number of hydrogen-bond donors (Lipinski definition) is 1. The van der Waals surface area contributed by atoms with Crippen LogP contribution in [0.15, 0.2) is 18.4 Å². The summed E-state index contributed by atoms with van der Waals surface area (Å²) in [4.78, 5) is 0. The van der Waals surface area contributed by atoms with Crippen molar-refractivity contribution in [2.75, 3.05) is 19.7 Å². The van der Waals surface area contributed by atoms with Gasteiger partial charge in [-0.15, -0.1) is 0 Å². The molecule has 1 fully saturated rings. The average molecular weight is 303 g/mol. The SMILES string of the molecule is CCO/C=C/c1c(F)ccc2c1c(C)nn2C1CCCNC1. The van der Waals surface area contributed by atoms with Crippen LogP contribution in [0.5, 0.6) is 0 Å². The molecule has 1 aromatic carbocycles. The third kappa shape index (κ3) is 2.73. The predicted molar refractivity (Wildman–Crippen MR) is 86.2 cm³/mol. The van der Waals surface area contributed by atoms with Crippen LogP contribution in [0, 0.1) is 12.7 Å². The Morgan fingerprint density at radius 3 is 3.09 bits per heavy atom. The number of halogens is 1. The van der Waals surface area contributed by atoms with Gasteiger partial charge in [-0.1, -0.05) is 0 Å². The summed E-state index contributed by atoms with van der Waals surface area (Å²) >= 11 is 0. The summed E-state index contributed by atoms with van der Waals surface area (Å²) in [5.74, 6) is -0.243. The highest BCUT2D eigenvalue weighted by molar-refractivity contribution is 5.90. The number of fused-ring (bicyclic) bond motifs is 1. The number of aryl methyl sites for hydroxylation is 1. The number of benzene rings is 1. The molecule has 0 saturated carbocycles. The molecule has 2 heterocycles. The maximum Gasteiger partial charge on any atom is 0.131 e. The molecule has 0 aliphatic carbocycles. The molecular formula is C17H22FN3O. The van der Waals surface area contributed by atoms with Gasteiger partial charge < -0.3 is 10.1 Å². The van der Waals surface area contributed by atoms with Gasteiger partial charge in [-0.05, 0) is 51.4 Å². The van der Waals surface area contributed by atoms with E-state index >= 15 is 0 Å². The standard InChI is InChI=1S/C17H22FN3O/c1-3-22-10-8-14-15(18)6-7-16-17(14)12(2)20-21(16)13-5-4-9-19-11-13/h6-8,10,13,19H,3-5,9,11H2,1-2H3/b10-8+. The summed E-state index contributed by atoms with van der Waals surface area (Å²) in [7, 11) is 0. The first kappa shape index (κ1) is 15.0. The Kier molecular flexibility index (Phi) is 4.43. The van der Waals surface area contributed by atoms with Crippen molar-refractivity contribution in [1.82, 2.24) is 15.1 Å². The van der Waals surface area contributed by atoms with Crippen molar-refractivity contribution in [3.63, 3.8) is 0 Å². The van der Waals surface area contributed by atoms with E-state index in [1.54, 1.807) is 12.3 Å². The Bertz CT molecular complexity index is 687. The maximum absolute atomic E-state index is 14.2. The Morgan fingerprint density at radius 1 is 1.50 bits per heavy atom. The highest BCUT2D eigenvalue weighted by Gasteiger charge is 2.21. The molecule has 118 valence electrons. The lowest BCUT2D eigenvalue weighted by Crippen LogP contribution is -2.32. The van der Waals surface area contributed by atoms with Crippen LogP contribution in [0.25, 0.3) is 17.0 Å². The third-order valence-corrected chi connectivity index (χ3v) is 4.15. The van der Waals surface area contributed by atoms with Crippen molar-refractivity contribution >= 4 is 17.0 Å². The minimum absolute atomic E-state index is 0.243. The fourth-order valence-corrected chi connectivity index (χ4v) is 3.12. The zero-order chi connectivity index (χ0) is 15.5. The van der Waals surface area contributed by atoms with Gasteiger partial charge in [0.15, 0.2) is 0 Å². The summed E-state index contributed by atoms with van der Waals surface area (Å²) in [5.41, 5.74) is 2.40. The van der Waals surface area contributed by atoms with Crippen molar-refractivity contribution in [1.29, 1.82) is 0 Å². The van der Waals surface area contributed by atoms with Gasteiger partial charge in [-0.2, -0.15) is 5.10 Å². The number of hydrogen-bond acceptors (Lipinski definition) is 3. The molecule has 0 bridgehead atoms. The fourth-order valence-electron chi connectivity index (χ4n) is 3.12. The molecule has 1 aliphatic heterocycles. The Morgan fingerprint density at radius 2 is 2.36 bits per heavy atom. The summed E-state index contributed by atoms with van der Waals surface area (Å²) in [6.45, 7) is 6.39. The third-order valence-electron chi connectivity index (χ3n) is 4.15. The van der Waals surface area contributed by atoms with E-state index in [0.29, 0.717) is 18.2 Å². The van der Waals surface area contributed by atoms with Crippen LogP contribution in [-0.4, -0.2) is 29.5 Å². The molecule has 3 rings (SSSR count). The van der Waals surface area contributed by atoms with Crippen LogP contribution in [0.1, 0.15) is 37.1 Å². The van der Waals surface area contributed by atoms with Gasteiger partial charge in [-0.25, -0.2) is 4.39 Å². The lowest BCUT2D eigenvalue weighted by molar-refractivity contribution is 0.272. The van der Waals surface area contributed by atoms with Gasteiger partial charge in [0.2, 0.25) is 0 Å². The molecule has 0 amide bonds. The van der Waals surface area contributed by atoms with Gasteiger partial charge in [0.1, 0.15) is 5.82 Å². The fraction of sp³-hybridized carbons (Fsp3) is 0.471. The number of nitrogens with one attached hydrogen (secondary N) is 1. The molecule has 1 N–H and O–H groups in total. The molecule has 0 spiro atoms. The Labute approximate surface area is 130 Å². The van der Waals surface area contributed by atoms with Crippen molar-refractivity contribution in [2.45, 2.75) is 32.7 Å². The number of aromatic nitrogens is 2. The van der Waals surface area contributed by atoms with E-state index in [0.717, 1.165) is 42.5 Å². The molecule has 2 aromatic rings. The van der Waals surface area contributed by atoms with E-state index in [2.05, 4.69) is 10.4 Å². The van der Waals surface area contributed by atoms with E-state index in [1.807, 2.05) is 24.6 Å². The smallest absolute Gasteiger partial charge is 0.131 e. The number of ether oxygens (including phenoxy) is 1.